The number of rotatable bonds is 3. The maximum Gasteiger partial charge on any atom is 0.215 e. The number of aliphatic hydroxyl groups is 1. The van der Waals surface area contributed by atoms with Crippen LogP contribution in [0.5, 0.6) is 0 Å². The smallest absolute Gasteiger partial charge is 0.215 e. The van der Waals surface area contributed by atoms with Crippen LogP contribution in [0.2, 0.25) is 0 Å². The zero-order valence-corrected chi connectivity index (χ0v) is 10.2. The lowest BCUT2D eigenvalue weighted by Crippen LogP contribution is -2.44. The summed E-state index contributed by atoms with van der Waals surface area (Å²) in [5, 5.41) is 13.9. The third-order valence-corrected chi connectivity index (χ3v) is 3.96. The van der Waals surface area contributed by atoms with E-state index in [1.54, 1.807) is 6.92 Å². The Kier molecular flexibility index (Phi) is 3.32. The predicted molar refractivity (Wildman–Crippen MR) is 58.9 cm³/mol. The van der Waals surface area contributed by atoms with Crippen LogP contribution < -0.4 is 5.14 Å². The molecular formula is C9H15N3O3S. The van der Waals surface area contributed by atoms with E-state index < -0.39 is 20.9 Å². The van der Waals surface area contributed by atoms with Crippen LogP contribution in [0.15, 0.2) is 12.4 Å². The van der Waals surface area contributed by atoms with Crippen molar-refractivity contribution in [2.24, 2.45) is 5.14 Å². The van der Waals surface area contributed by atoms with Gasteiger partial charge in [-0.25, -0.2) is 23.5 Å². The van der Waals surface area contributed by atoms with Gasteiger partial charge in [0.15, 0.2) is 5.82 Å². The van der Waals surface area contributed by atoms with E-state index in [1.165, 1.54) is 26.2 Å². The van der Waals surface area contributed by atoms with Gasteiger partial charge < -0.3 is 5.11 Å². The Labute approximate surface area is 94.6 Å². The second kappa shape index (κ2) is 4.08. The molecule has 1 aromatic rings. The fourth-order valence-corrected chi connectivity index (χ4v) is 1.90. The highest BCUT2D eigenvalue weighted by Gasteiger charge is 2.40. The Morgan fingerprint density at radius 3 is 2.25 bits per heavy atom. The first-order chi connectivity index (χ1) is 7.15. The molecule has 1 aromatic heterocycles. The summed E-state index contributed by atoms with van der Waals surface area (Å²) in [7, 11) is -3.85. The van der Waals surface area contributed by atoms with Crippen molar-refractivity contribution in [1.82, 2.24) is 9.97 Å². The Balaban J connectivity index is 3.16. The number of aryl methyl sites for hydroxylation is 1. The molecule has 90 valence electrons. The third kappa shape index (κ3) is 2.55. The fraction of sp³-hybridized carbons (Fsp3) is 0.556. The Bertz CT molecular complexity index is 467. The lowest BCUT2D eigenvalue weighted by Gasteiger charge is -2.26. The molecule has 0 aliphatic heterocycles. The highest BCUT2D eigenvalue weighted by atomic mass is 32.2. The number of aromatic nitrogens is 2. The van der Waals surface area contributed by atoms with Crippen LogP contribution in [0.1, 0.15) is 25.2 Å². The molecule has 2 atom stereocenters. The summed E-state index contributed by atoms with van der Waals surface area (Å²) in [6, 6.07) is 0. The molecule has 16 heavy (non-hydrogen) atoms. The number of primary sulfonamides is 1. The molecule has 1 unspecified atom stereocenters. The van der Waals surface area contributed by atoms with Crippen molar-refractivity contribution in [2.75, 3.05) is 0 Å². The van der Waals surface area contributed by atoms with Gasteiger partial charge in [-0.05, 0) is 26.3 Å². The summed E-state index contributed by atoms with van der Waals surface area (Å²) in [4.78, 5) is 7.81. The first-order valence-corrected chi connectivity index (χ1v) is 6.29. The Morgan fingerprint density at radius 1 is 1.44 bits per heavy atom. The van der Waals surface area contributed by atoms with Crippen LogP contribution in [-0.4, -0.2) is 28.7 Å². The molecule has 0 aromatic carbocycles. The summed E-state index contributed by atoms with van der Waals surface area (Å²) in [6.07, 6.45) is 3.01. The van der Waals surface area contributed by atoms with E-state index in [4.69, 9.17) is 5.14 Å². The quantitative estimate of drug-likeness (QED) is 0.758. The van der Waals surface area contributed by atoms with Crippen molar-refractivity contribution in [3.05, 3.63) is 23.8 Å². The average molecular weight is 245 g/mol. The van der Waals surface area contributed by atoms with E-state index in [9.17, 15) is 13.5 Å². The molecule has 0 spiro atoms. The van der Waals surface area contributed by atoms with Gasteiger partial charge in [0.25, 0.3) is 0 Å². The molecule has 6 nitrogen and oxygen atoms in total. The highest BCUT2D eigenvalue weighted by Crippen LogP contribution is 2.24. The molecule has 1 rings (SSSR count). The average Bonchev–Trinajstić information content (AvgIpc) is 2.16. The van der Waals surface area contributed by atoms with Crippen molar-refractivity contribution >= 4 is 10.0 Å². The van der Waals surface area contributed by atoms with E-state index in [2.05, 4.69) is 9.97 Å². The van der Waals surface area contributed by atoms with Crippen LogP contribution in [-0.2, 0) is 15.6 Å². The normalized spacial score (nSPS) is 17.8. The molecule has 0 aliphatic rings. The number of nitrogens with two attached hydrogens (primary N) is 1. The van der Waals surface area contributed by atoms with Crippen molar-refractivity contribution < 1.29 is 13.5 Å². The molecule has 0 aliphatic carbocycles. The first kappa shape index (κ1) is 13.0. The SMILES string of the molecule is Cc1cnc(C(C)(O)[C@@H](C)S(N)(=O)=O)nc1. The van der Waals surface area contributed by atoms with Crippen molar-refractivity contribution in [3.63, 3.8) is 0 Å². The van der Waals surface area contributed by atoms with Gasteiger partial charge in [0.1, 0.15) is 10.9 Å². The Morgan fingerprint density at radius 2 is 1.88 bits per heavy atom. The number of hydrogen-bond donors (Lipinski definition) is 2. The lowest BCUT2D eigenvalue weighted by atomic mass is 10.0. The summed E-state index contributed by atoms with van der Waals surface area (Å²) in [6.45, 7) is 4.44. The van der Waals surface area contributed by atoms with E-state index >= 15 is 0 Å². The van der Waals surface area contributed by atoms with Gasteiger partial charge in [0, 0.05) is 12.4 Å². The molecule has 0 fully saturated rings. The minimum absolute atomic E-state index is 0.0413. The lowest BCUT2D eigenvalue weighted by molar-refractivity contribution is 0.0469. The van der Waals surface area contributed by atoms with Gasteiger partial charge in [-0.1, -0.05) is 0 Å². The molecule has 0 radical (unpaired) electrons. The zero-order chi connectivity index (χ0) is 12.6. The zero-order valence-electron chi connectivity index (χ0n) is 9.38. The number of hydrogen-bond acceptors (Lipinski definition) is 5. The number of sulfonamides is 1. The minimum Gasteiger partial charge on any atom is -0.381 e. The van der Waals surface area contributed by atoms with Crippen LogP contribution in [0.25, 0.3) is 0 Å². The van der Waals surface area contributed by atoms with Crippen molar-refractivity contribution in [2.45, 2.75) is 31.6 Å². The second-order valence-electron chi connectivity index (χ2n) is 3.96. The predicted octanol–water partition coefficient (Wildman–Crippen LogP) is -0.330. The highest BCUT2D eigenvalue weighted by molar-refractivity contribution is 7.89. The maximum atomic E-state index is 11.2. The van der Waals surface area contributed by atoms with Gasteiger partial charge >= 0.3 is 0 Å². The van der Waals surface area contributed by atoms with E-state index in [0.717, 1.165) is 5.56 Å². The molecule has 0 saturated heterocycles. The number of nitrogens with zero attached hydrogens (tertiary/aromatic N) is 2. The summed E-state index contributed by atoms with van der Waals surface area (Å²) in [5.41, 5.74) is -0.885. The van der Waals surface area contributed by atoms with Gasteiger partial charge in [0.2, 0.25) is 10.0 Å². The summed E-state index contributed by atoms with van der Waals surface area (Å²) in [5.74, 6) is 0.0413. The fourth-order valence-electron chi connectivity index (χ4n) is 1.16. The molecule has 0 amide bonds. The second-order valence-corrected chi connectivity index (χ2v) is 5.85. The van der Waals surface area contributed by atoms with Gasteiger partial charge in [0.05, 0.1) is 0 Å². The van der Waals surface area contributed by atoms with Crippen LogP contribution >= 0.6 is 0 Å². The molecule has 0 saturated carbocycles. The minimum atomic E-state index is -3.85. The van der Waals surface area contributed by atoms with Crippen LogP contribution in [0.3, 0.4) is 0 Å². The molecule has 3 N–H and O–H groups in total. The van der Waals surface area contributed by atoms with E-state index in [-0.39, 0.29) is 5.82 Å². The molecule has 7 heteroatoms. The topological polar surface area (TPSA) is 106 Å². The third-order valence-electron chi connectivity index (χ3n) is 2.52. The largest absolute Gasteiger partial charge is 0.381 e. The molecule has 1 heterocycles. The van der Waals surface area contributed by atoms with Crippen LogP contribution in [0.4, 0.5) is 0 Å². The van der Waals surface area contributed by atoms with Gasteiger partial charge in [-0.15, -0.1) is 0 Å². The van der Waals surface area contributed by atoms with Gasteiger partial charge in [-0.2, -0.15) is 0 Å². The standard InChI is InChI=1S/C9H15N3O3S/c1-6-4-11-8(12-5-6)9(3,13)7(2)16(10,14)15/h4-5,7,13H,1-3H3,(H2,10,14,15)/t7-,9?/m1/s1. The van der Waals surface area contributed by atoms with Crippen LogP contribution in [0, 0.1) is 6.92 Å². The maximum absolute atomic E-state index is 11.2. The van der Waals surface area contributed by atoms with Gasteiger partial charge in [-0.3, -0.25) is 0 Å². The van der Waals surface area contributed by atoms with E-state index in [1.807, 2.05) is 0 Å². The summed E-state index contributed by atoms with van der Waals surface area (Å²) >= 11 is 0. The molecular weight excluding hydrogens is 230 g/mol. The van der Waals surface area contributed by atoms with Crippen molar-refractivity contribution in [3.8, 4) is 0 Å². The van der Waals surface area contributed by atoms with Crippen molar-refractivity contribution in [1.29, 1.82) is 0 Å². The van der Waals surface area contributed by atoms with E-state index in [0.29, 0.717) is 0 Å². The molecule has 0 bridgehead atoms. The Hall–Kier alpha value is -1.05. The first-order valence-electron chi connectivity index (χ1n) is 4.69. The monoisotopic (exact) mass is 245 g/mol. The summed E-state index contributed by atoms with van der Waals surface area (Å²) < 4.78 is 22.4.